The average molecular weight is 1070 g/mol. The molecule has 1 saturated carbocycles. The van der Waals surface area contributed by atoms with E-state index in [0.29, 0.717) is 34.4 Å². The zero-order valence-corrected chi connectivity index (χ0v) is 46.2. The molecular formula is C55H68FN5O12SSi. The van der Waals surface area contributed by atoms with Crippen LogP contribution in [0.1, 0.15) is 102 Å². The summed E-state index contributed by atoms with van der Waals surface area (Å²) in [6, 6.07) is 21.2. The van der Waals surface area contributed by atoms with Crippen molar-refractivity contribution >= 4 is 70.2 Å². The van der Waals surface area contributed by atoms with Gasteiger partial charge in [-0.05, 0) is 131 Å². The number of nitrogens with one attached hydrogen (secondary N) is 1. The monoisotopic (exact) mass is 1070 g/mol. The lowest BCUT2D eigenvalue weighted by Crippen LogP contribution is -2.56. The van der Waals surface area contributed by atoms with Crippen LogP contribution in [-0.4, -0.2) is 96.8 Å². The lowest BCUT2D eigenvalue weighted by molar-refractivity contribution is -0.139. The fourth-order valence-electron chi connectivity index (χ4n) is 7.97. The molecule has 2 atom stereocenters. The molecule has 2 N–H and O–H groups in total. The van der Waals surface area contributed by atoms with Gasteiger partial charge in [-0.1, -0.05) is 69.0 Å². The van der Waals surface area contributed by atoms with Gasteiger partial charge in [0.15, 0.2) is 15.9 Å². The quantitative estimate of drug-likeness (QED) is 0.0448. The lowest BCUT2D eigenvalue weighted by atomic mass is 9.92. The maximum Gasteiger partial charge on any atom is 0.439 e. The normalized spacial score (nSPS) is 13.8. The Morgan fingerprint density at radius 3 is 2.11 bits per heavy atom. The molecule has 402 valence electrons. The number of amides is 4. The molecule has 0 bridgehead atoms. The number of sulfone groups is 1. The number of anilines is 2. The number of rotatable bonds is 19. The van der Waals surface area contributed by atoms with Gasteiger partial charge in [-0.15, -0.1) is 5.01 Å². The molecule has 1 unspecified atom stereocenters. The number of carbonyl (C=O) groups is 5. The van der Waals surface area contributed by atoms with Crippen molar-refractivity contribution in [3.63, 3.8) is 0 Å². The molecule has 1 heterocycles. The lowest BCUT2D eigenvalue weighted by Gasteiger charge is -2.39. The minimum Gasteiger partial charge on any atom is -0.489 e. The summed E-state index contributed by atoms with van der Waals surface area (Å²) in [7, 11) is -3.73. The number of nitrogens with zero attached hydrogens (tertiary/aromatic N) is 4. The van der Waals surface area contributed by atoms with Gasteiger partial charge < -0.3 is 34.3 Å². The van der Waals surface area contributed by atoms with Gasteiger partial charge in [0.25, 0.3) is 0 Å². The molecule has 0 aliphatic heterocycles. The third-order valence-electron chi connectivity index (χ3n) is 11.8. The first-order valence-electron chi connectivity index (χ1n) is 24.7. The van der Waals surface area contributed by atoms with E-state index in [-0.39, 0.29) is 59.1 Å². The van der Waals surface area contributed by atoms with Crippen LogP contribution in [0, 0.1) is 5.82 Å². The number of hydrogen-bond acceptors (Lipinski definition) is 13. The van der Waals surface area contributed by atoms with Gasteiger partial charge in [0.2, 0.25) is 5.91 Å². The number of aliphatic carboxylic acids is 1. The molecule has 17 nitrogen and oxygen atoms in total. The van der Waals surface area contributed by atoms with Crippen molar-refractivity contribution in [2.75, 3.05) is 24.0 Å². The van der Waals surface area contributed by atoms with E-state index >= 15 is 4.39 Å². The molecule has 0 spiro atoms. The Labute approximate surface area is 439 Å². The maximum absolute atomic E-state index is 15.5. The van der Waals surface area contributed by atoms with Gasteiger partial charge in [0, 0.05) is 44.2 Å². The van der Waals surface area contributed by atoms with Crippen LogP contribution in [0.2, 0.25) is 25.7 Å². The van der Waals surface area contributed by atoms with Crippen LogP contribution in [0.4, 0.5) is 30.1 Å². The van der Waals surface area contributed by atoms with Crippen molar-refractivity contribution in [1.29, 1.82) is 0 Å². The molecule has 75 heavy (non-hydrogen) atoms. The Bertz CT molecular complexity index is 3000. The van der Waals surface area contributed by atoms with E-state index in [1.54, 1.807) is 48.5 Å². The number of hydrazine groups is 1. The molecule has 0 saturated heterocycles. The zero-order valence-electron chi connectivity index (χ0n) is 44.4. The standard InChI is InChI=1S/C55H68FN5O12SSi/c1-35(27-48(62)58-40-19-24-47(74(68,69)42-21-22-42)39(28-40)33-59(8)51(65)70-25-26-75(9,10)11)43-29-37(18-23-46(43)71-34-36-15-13-12-14-16-36)49(50(63)64)60(41-20-17-38-31-57-32-45(56)44(38)30-41)61(52(66)72-54(2,3)4)53(67)73-55(5,6)7/h12-20,23-24,28-32,35,42,49H,21-22,25-27,33-34H2,1-11H3,(H,58,62)(H,63,64)/t35-,49?/m1/s1. The van der Waals surface area contributed by atoms with Crippen molar-refractivity contribution in [3.05, 3.63) is 125 Å². The van der Waals surface area contributed by atoms with E-state index in [4.69, 9.17) is 18.9 Å². The number of halogens is 1. The van der Waals surface area contributed by atoms with Crippen molar-refractivity contribution in [3.8, 4) is 5.75 Å². The zero-order chi connectivity index (χ0) is 55.2. The summed E-state index contributed by atoms with van der Waals surface area (Å²) >= 11 is 0. The van der Waals surface area contributed by atoms with Crippen LogP contribution in [0.3, 0.4) is 0 Å². The summed E-state index contributed by atoms with van der Waals surface area (Å²) in [6.45, 7) is 17.8. The summed E-state index contributed by atoms with van der Waals surface area (Å²) in [5, 5.41) is 15.3. The number of aromatic nitrogens is 1. The number of carbonyl (C=O) groups excluding carboxylic acids is 4. The van der Waals surface area contributed by atoms with Crippen molar-refractivity contribution in [2.24, 2.45) is 0 Å². The summed E-state index contributed by atoms with van der Waals surface area (Å²) in [5.41, 5.74) is -0.770. The second-order valence-corrected chi connectivity index (χ2v) is 29.8. The van der Waals surface area contributed by atoms with Crippen molar-refractivity contribution in [1.82, 2.24) is 14.9 Å². The molecule has 1 aliphatic carbocycles. The third kappa shape index (κ3) is 15.5. The number of fused-ring (bicyclic) bond motifs is 1. The molecule has 0 radical (unpaired) electrons. The van der Waals surface area contributed by atoms with Gasteiger partial charge in [-0.3, -0.25) is 14.8 Å². The minimum atomic E-state index is -3.74. The highest BCUT2D eigenvalue weighted by atomic mass is 32.2. The van der Waals surface area contributed by atoms with Gasteiger partial charge in [-0.25, -0.2) is 32.0 Å². The van der Waals surface area contributed by atoms with Crippen LogP contribution in [-0.2, 0) is 46.8 Å². The fourth-order valence-corrected chi connectivity index (χ4v) is 10.5. The Kier molecular flexibility index (Phi) is 17.7. The minimum absolute atomic E-state index is 0.00335. The van der Waals surface area contributed by atoms with Crippen molar-refractivity contribution < 1.29 is 60.8 Å². The SMILES string of the molecule is C[C@H](CC(=O)Nc1ccc(S(=O)(=O)C2CC2)c(CN(C)C(=O)OCC[Si](C)(C)C)c1)c1cc(C(C(=O)O)N(c2ccc3cncc(F)c3c2)N(C(=O)OC(C)(C)C)C(=O)OC(C)(C)C)ccc1OCc1ccccc1. The number of carboxylic acid groups (broad SMARTS) is 1. The van der Waals surface area contributed by atoms with Gasteiger partial charge in [0.05, 0.1) is 35.2 Å². The number of carboxylic acids is 1. The molecule has 4 aromatic carbocycles. The summed E-state index contributed by atoms with van der Waals surface area (Å²) in [6.07, 6.45) is -0.00336. The highest BCUT2D eigenvalue weighted by molar-refractivity contribution is 7.92. The molecule has 5 aromatic rings. The first-order chi connectivity index (χ1) is 35.0. The van der Waals surface area contributed by atoms with Gasteiger partial charge in [-0.2, -0.15) is 0 Å². The number of hydrogen-bond donors (Lipinski definition) is 2. The van der Waals surface area contributed by atoms with Crippen LogP contribution in [0.15, 0.2) is 102 Å². The van der Waals surface area contributed by atoms with Crippen LogP contribution in [0.25, 0.3) is 10.8 Å². The van der Waals surface area contributed by atoms with Crippen LogP contribution in [0.5, 0.6) is 5.75 Å². The second-order valence-electron chi connectivity index (χ2n) is 22.0. The Morgan fingerprint density at radius 1 is 0.853 bits per heavy atom. The summed E-state index contributed by atoms with van der Waals surface area (Å²) < 4.78 is 66.1. The maximum atomic E-state index is 15.5. The first kappa shape index (κ1) is 57.2. The molecule has 20 heteroatoms. The topological polar surface area (TPSA) is 211 Å². The molecule has 1 aromatic heterocycles. The van der Waals surface area contributed by atoms with Crippen LogP contribution < -0.4 is 15.1 Å². The fraction of sp³-hybridized carbons (Fsp3) is 0.418. The largest absolute Gasteiger partial charge is 0.489 e. The van der Waals surface area contributed by atoms with E-state index in [0.717, 1.165) is 22.8 Å². The molecule has 4 amide bonds. The first-order valence-corrected chi connectivity index (χ1v) is 29.9. The van der Waals surface area contributed by atoms with E-state index in [1.807, 2.05) is 30.3 Å². The van der Waals surface area contributed by atoms with Crippen molar-refractivity contribution in [2.45, 2.75) is 140 Å². The number of imide groups is 1. The third-order valence-corrected chi connectivity index (χ3v) is 15.9. The highest BCUT2D eigenvalue weighted by Crippen LogP contribution is 2.40. The van der Waals surface area contributed by atoms with Crippen LogP contribution >= 0.6 is 0 Å². The second kappa shape index (κ2) is 23.2. The molecule has 1 fully saturated rings. The number of benzene rings is 4. The number of ether oxygens (including phenoxy) is 4. The van der Waals surface area contributed by atoms with E-state index in [9.17, 15) is 37.5 Å². The number of pyridine rings is 1. The molecule has 1 aliphatic rings. The average Bonchev–Trinajstić information content (AvgIpc) is 4.17. The predicted octanol–water partition coefficient (Wildman–Crippen LogP) is 11.6. The Morgan fingerprint density at radius 2 is 1.51 bits per heavy atom. The van der Waals surface area contributed by atoms with Gasteiger partial charge in [0.1, 0.15) is 29.4 Å². The highest BCUT2D eigenvalue weighted by Gasteiger charge is 2.44. The summed E-state index contributed by atoms with van der Waals surface area (Å²) in [4.78, 5) is 75.1. The van der Waals surface area contributed by atoms with E-state index in [1.165, 1.54) is 72.7 Å². The Hall–Kier alpha value is -7.06. The Balaban J connectivity index is 1.41. The smallest absolute Gasteiger partial charge is 0.439 e. The molecular weight excluding hydrogens is 1000 g/mol. The van der Waals surface area contributed by atoms with E-state index < -0.39 is 82.3 Å². The summed E-state index contributed by atoms with van der Waals surface area (Å²) in [5.74, 6) is -3.25. The molecule has 6 rings (SSSR count). The van der Waals surface area contributed by atoms with Gasteiger partial charge >= 0.3 is 24.2 Å². The van der Waals surface area contributed by atoms with E-state index in [2.05, 4.69) is 29.9 Å². The predicted molar refractivity (Wildman–Crippen MR) is 285 cm³/mol.